The van der Waals surface area contributed by atoms with Crippen LogP contribution in [0.2, 0.25) is 0 Å². The number of Topliss-reactive ketones (excluding diaryl/α,β-unsaturated/α-hetero) is 1. The van der Waals surface area contributed by atoms with Gasteiger partial charge in [0.2, 0.25) is 0 Å². The molecular weight excluding hydrogens is 360 g/mol. The van der Waals surface area contributed by atoms with Crippen LogP contribution in [-0.4, -0.2) is 60.5 Å². The fourth-order valence-corrected chi connectivity index (χ4v) is 4.20. The van der Waals surface area contributed by atoms with Gasteiger partial charge in [-0.2, -0.15) is 0 Å². The van der Waals surface area contributed by atoms with E-state index in [4.69, 9.17) is 9.47 Å². The Morgan fingerprint density at radius 3 is 2.43 bits per heavy atom. The first kappa shape index (κ1) is 20.3. The first-order chi connectivity index (χ1) is 13.5. The van der Waals surface area contributed by atoms with Crippen LogP contribution in [0.5, 0.6) is 0 Å². The second-order valence-corrected chi connectivity index (χ2v) is 7.42. The van der Waals surface area contributed by atoms with Crippen molar-refractivity contribution >= 4 is 17.8 Å². The Kier molecular flexibility index (Phi) is 6.67. The van der Waals surface area contributed by atoms with Gasteiger partial charge >= 0.3 is 12.1 Å². The highest BCUT2D eigenvalue weighted by Gasteiger charge is 2.37. The summed E-state index contributed by atoms with van der Waals surface area (Å²) in [6.07, 6.45) is 0.529. The first-order valence-corrected chi connectivity index (χ1v) is 9.83. The Balaban J connectivity index is 1.65. The van der Waals surface area contributed by atoms with Gasteiger partial charge in [-0.25, -0.2) is 4.79 Å². The largest absolute Gasteiger partial charge is 0.466 e. The predicted octanol–water partition coefficient (Wildman–Crippen LogP) is 2.37. The van der Waals surface area contributed by atoms with E-state index in [0.717, 1.165) is 13.1 Å². The maximum Gasteiger partial charge on any atom is 0.409 e. The zero-order chi connectivity index (χ0) is 20.1. The molecule has 1 fully saturated rings. The molecule has 2 aliphatic heterocycles. The van der Waals surface area contributed by atoms with Crippen molar-refractivity contribution in [3.63, 3.8) is 0 Å². The summed E-state index contributed by atoms with van der Waals surface area (Å²) in [5.74, 6) is -0.813. The quantitative estimate of drug-likeness (QED) is 0.550. The number of amides is 1. The van der Waals surface area contributed by atoms with Crippen LogP contribution < -0.4 is 0 Å². The molecule has 0 aliphatic carbocycles. The number of hydrogen-bond donors (Lipinski definition) is 0. The maximum atomic E-state index is 12.5. The van der Waals surface area contributed by atoms with Crippen LogP contribution in [0.25, 0.3) is 0 Å². The Morgan fingerprint density at radius 1 is 1.14 bits per heavy atom. The zero-order valence-corrected chi connectivity index (χ0v) is 16.6. The number of methoxy groups -OCH3 is 1. The molecule has 1 aromatic carbocycles. The highest BCUT2D eigenvalue weighted by molar-refractivity contribution is 5.96. The average molecular weight is 388 g/mol. The molecule has 0 N–H and O–H groups in total. The lowest BCUT2D eigenvalue weighted by Crippen LogP contribution is -2.51. The Hall–Kier alpha value is -2.41. The van der Waals surface area contributed by atoms with Crippen LogP contribution >= 0.6 is 0 Å². The van der Waals surface area contributed by atoms with Gasteiger partial charge in [0, 0.05) is 38.1 Å². The number of piperidine rings is 1. The third-order valence-electron chi connectivity index (χ3n) is 5.58. The van der Waals surface area contributed by atoms with Crippen LogP contribution in [0.4, 0.5) is 4.79 Å². The van der Waals surface area contributed by atoms with Gasteiger partial charge in [-0.05, 0) is 30.9 Å². The zero-order valence-electron chi connectivity index (χ0n) is 16.6. The molecule has 3 rings (SSSR count). The molecule has 0 spiro atoms. The van der Waals surface area contributed by atoms with Crippen molar-refractivity contribution in [1.29, 1.82) is 0 Å². The van der Waals surface area contributed by atoms with Crippen molar-refractivity contribution in [1.82, 2.24) is 9.80 Å². The molecular formula is C21H28N2O5. The van der Waals surface area contributed by atoms with E-state index < -0.39 is 5.97 Å². The summed E-state index contributed by atoms with van der Waals surface area (Å²) in [7, 11) is 1.38. The lowest BCUT2D eigenvalue weighted by atomic mass is 9.86. The number of likely N-dealkylation sites (tertiary alicyclic amines) is 1. The second kappa shape index (κ2) is 9.19. The van der Waals surface area contributed by atoms with Gasteiger partial charge in [0.15, 0.2) is 0 Å². The Bertz CT molecular complexity index is 710. The molecule has 2 aliphatic rings. The van der Waals surface area contributed by atoms with Crippen LogP contribution in [0.15, 0.2) is 24.3 Å². The number of ether oxygens (including phenoxy) is 2. The van der Waals surface area contributed by atoms with E-state index in [0.29, 0.717) is 25.9 Å². The van der Waals surface area contributed by atoms with Gasteiger partial charge in [0.1, 0.15) is 12.2 Å². The number of carbonyl (C=O) groups is 3. The number of nitrogens with zero attached hydrogens (tertiary/aromatic N) is 2. The van der Waals surface area contributed by atoms with Crippen molar-refractivity contribution in [3.8, 4) is 0 Å². The van der Waals surface area contributed by atoms with Crippen LogP contribution in [0.1, 0.15) is 37.3 Å². The normalized spacial score (nSPS) is 21.9. The molecule has 152 valence electrons. The molecule has 1 aromatic rings. The lowest BCUT2D eigenvalue weighted by molar-refractivity contribution is -0.146. The average Bonchev–Trinajstić information content (AvgIpc) is 3.09. The van der Waals surface area contributed by atoms with Gasteiger partial charge in [-0.3, -0.25) is 14.5 Å². The minimum Gasteiger partial charge on any atom is -0.466 e. The molecule has 2 atom stereocenters. The fraction of sp³-hybridized carbons (Fsp3) is 0.571. The SMILES string of the molecule is CCOC(=O)CC(=O)[C@@H]1CCN(C(=O)OC)[C@@H](CN2Cc3ccccc3C2)C1. The highest BCUT2D eigenvalue weighted by atomic mass is 16.5. The summed E-state index contributed by atoms with van der Waals surface area (Å²) in [6.45, 7) is 4.79. The molecule has 0 bridgehead atoms. The maximum absolute atomic E-state index is 12.5. The van der Waals surface area contributed by atoms with Crippen molar-refractivity contribution in [3.05, 3.63) is 35.4 Å². The monoisotopic (exact) mass is 388 g/mol. The number of ketones is 1. The highest BCUT2D eigenvalue weighted by Crippen LogP contribution is 2.29. The van der Waals surface area contributed by atoms with Crippen LogP contribution in [0, 0.1) is 5.92 Å². The fourth-order valence-electron chi connectivity index (χ4n) is 4.20. The summed E-state index contributed by atoms with van der Waals surface area (Å²) in [6, 6.07) is 8.20. The first-order valence-electron chi connectivity index (χ1n) is 9.83. The molecule has 0 aromatic heterocycles. The second-order valence-electron chi connectivity index (χ2n) is 7.42. The minimum atomic E-state index is -0.477. The standard InChI is InChI=1S/C21H28N2O5/c1-3-28-20(25)11-19(24)15-8-9-23(21(26)27-2)18(10-15)14-22-12-16-6-4-5-7-17(16)13-22/h4-7,15,18H,3,8-14H2,1-2H3/t15-,18-/m1/s1. The topological polar surface area (TPSA) is 76.2 Å². The summed E-state index contributed by atoms with van der Waals surface area (Å²) >= 11 is 0. The van der Waals surface area contributed by atoms with Gasteiger partial charge in [0.25, 0.3) is 0 Å². The van der Waals surface area contributed by atoms with E-state index in [1.807, 2.05) is 12.1 Å². The third-order valence-corrected chi connectivity index (χ3v) is 5.58. The molecule has 28 heavy (non-hydrogen) atoms. The number of rotatable bonds is 6. The third kappa shape index (κ3) is 4.70. The van der Waals surface area contributed by atoms with Crippen LogP contribution in [0.3, 0.4) is 0 Å². The predicted molar refractivity (Wildman–Crippen MR) is 102 cm³/mol. The van der Waals surface area contributed by atoms with Gasteiger partial charge in [-0.15, -0.1) is 0 Å². The van der Waals surface area contributed by atoms with Gasteiger partial charge in [0.05, 0.1) is 13.7 Å². The molecule has 0 unspecified atom stereocenters. The number of carbonyl (C=O) groups excluding carboxylic acids is 3. The van der Waals surface area contributed by atoms with Gasteiger partial charge < -0.3 is 14.4 Å². The Morgan fingerprint density at radius 2 is 1.82 bits per heavy atom. The lowest BCUT2D eigenvalue weighted by Gasteiger charge is -2.39. The van der Waals surface area contributed by atoms with E-state index in [-0.39, 0.29) is 36.9 Å². The molecule has 0 saturated carbocycles. The Labute approximate surface area is 165 Å². The van der Waals surface area contributed by atoms with E-state index in [2.05, 4.69) is 17.0 Å². The van der Waals surface area contributed by atoms with E-state index in [1.54, 1.807) is 11.8 Å². The van der Waals surface area contributed by atoms with Crippen molar-refractivity contribution in [2.24, 2.45) is 5.92 Å². The number of esters is 1. The molecule has 2 heterocycles. The molecule has 1 saturated heterocycles. The smallest absolute Gasteiger partial charge is 0.409 e. The molecule has 1 amide bonds. The summed E-state index contributed by atoms with van der Waals surface area (Å²) in [5, 5.41) is 0. The van der Waals surface area contributed by atoms with E-state index >= 15 is 0 Å². The molecule has 7 heteroatoms. The van der Waals surface area contributed by atoms with Crippen molar-refractivity contribution in [2.45, 2.75) is 45.3 Å². The summed E-state index contributed by atoms with van der Waals surface area (Å²) < 4.78 is 9.85. The summed E-state index contributed by atoms with van der Waals surface area (Å²) in [5.41, 5.74) is 2.61. The van der Waals surface area contributed by atoms with Gasteiger partial charge in [-0.1, -0.05) is 24.3 Å². The summed E-state index contributed by atoms with van der Waals surface area (Å²) in [4.78, 5) is 40.5. The van der Waals surface area contributed by atoms with E-state index in [9.17, 15) is 14.4 Å². The van der Waals surface area contributed by atoms with Crippen molar-refractivity contribution in [2.75, 3.05) is 26.8 Å². The molecule has 0 radical (unpaired) electrons. The van der Waals surface area contributed by atoms with E-state index in [1.165, 1.54) is 18.2 Å². The molecule has 7 nitrogen and oxygen atoms in total. The van der Waals surface area contributed by atoms with Crippen LogP contribution in [-0.2, 0) is 32.2 Å². The number of hydrogen-bond acceptors (Lipinski definition) is 6. The number of benzene rings is 1. The minimum absolute atomic E-state index is 0.0994. The van der Waals surface area contributed by atoms with Crippen molar-refractivity contribution < 1.29 is 23.9 Å². The number of fused-ring (bicyclic) bond motifs is 1.